The van der Waals surface area contributed by atoms with Crippen LogP contribution in [0.1, 0.15) is 21.5 Å². The van der Waals surface area contributed by atoms with Crippen LogP contribution in [0.5, 0.6) is 0 Å². The molecule has 0 bridgehead atoms. The van der Waals surface area contributed by atoms with Crippen molar-refractivity contribution in [2.75, 3.05) is 5.32 Å². The molecule has 0 fully saturated rings. The molecule has 2 aromatic rings. The Balaban J connectivity index is 2.42. The van der Waals surface area contributed by atoms with Gasteiger partial charge in [0.05, 0.1) is 4.92 Å². The summed E-state index contributed by atoms with van der Waals surface area (Å²) in [6.45, 7) is 3.53. The topological polar surface area (TPSA) is 105 Å². The summed E-state index contributed by atoms with van der Waals surface area (Å²) in [5.74, 6) is -0.691. The number of pyridine rings is 1. The number of nitro benzene ring substituents is 1. The standard InChI is InChI=1S/C14H13N3O4/c1-8-5-11(12(17(20)21)6-9(8)2)16-14(19)10-7-15-4-3-13(10)18/h3-7H,1-2H3,(H,15,18)(H,16,19). The van der Waals surface area contributed by atoms with Crippen LogP contribution in [0.4, 0.5) is 11.4 Å². The molecule has 0 aliphatic carbocycles. The number of rotatable bonds is 3. The molecule has 0 atom stereocenters. The molecule has 1 aromatic carbocycles. The van der Waals surface area contributed by atoms with Gasteiger partial charge in [0, 0.05) is 24.5 Å². The molecule has 0 spiro atoms. The lowest BCUT2D eigenvalue weighted by molar-refractivity contribution is -0.384. The minimum Gasteiger partial charge on any atom is -0.367 e. The van der Waals surface area contributed by atoms with Crippen LogP contribution in [0.2, 0.25) is 0 Å². The molecule has 21 heavy (non-hydrogen) atoms. The summed E-state index contributed by atoms with van der Waals surface area (Å²) in [5.41, 5.74) is 0.841. The van der Waals surface area contributed by atoms with Crippen LogP contribution in [0, 0.1) is 24.0 Å². The lowest BCUT2D eigenvalue weighted by Gasteiger charge is -2.08. The highest BCUT2D eigenvalue weighted by molar-refractivity contribution is 6.05. The van der Waals surface area contributed by atoms with Gasteiger partial charge in [0.1, 0.15) is 11.3 Å². The van der Waals surface area contributed by atoms with E-state index in [1.54, 1.807) is 13.8 Å². The molecule has 0 radical (unpaired) electrons. The minimum absolute atomic E-state index is 0.0661. The summed E-state index contributed by atoms with van der Waals surface area (Å²) in [5, 5.41) is 13.5. The average Bonchev–Trinajstić information content (AvgIpc) is 2.42. The molecular formula is C14H13N3O4. The van der Waals surface area contributed by atoms with Crippen molar-refractivity contribution in [1.29, 1.82) is 0 Å². The fraction of sp³-hybridized carbons (Fsp3) is 0.143. The molecule has 1 amide bonds. The molecule has 0 aliphatic heterocycles. The predicted molar refractivity (Wildman–Crippen MR) is 77.6 cm³/mol. The maximum Gasteiger partial charge on any atom is 0.293 e. The number of benzene rings is 1. The van der Waals surface area contributed by atoms with Crippen LogP contribution in [0.15, 0.2) is 35.4 Å². The Morgan fingerprint density at radius 1 is 1.29 bits per heavy atom. The molecule has 0 saturated heterocycles. The largest absolute Gasteiger partial charge is 0.367 e. The summed E-state index contributed by atoms with van der Waals surface area (Å²) in [7, 11) is 0. The number of nitrogens with one attached hydrogen (secondary N) is 2. The Morgan fingerprint density at radius 2 is 1.95 bits per heavy atom. The van der Waals surface area contributed by atoms with Gasteiger partial charge < -0.3 is 10.3 Å². The van der Waals surface area contributed by atoms with Gasteiger partial charge in [-0.25, -0.2) is 0 Å². The van der Waals surface area contributed by atoms with Crippen molar-refractivity contribution in [3.8, 4) is 0 Å². The number of aromatic nitrogens is 1. The van der Waals surface area contributed by atoms with E-state index < -0.39 is 16.3 Å². The van der Waals surface area contributed by atoms with Crippen molar-refractivity contribution in [1.82, 2.24) is 4.98 Å². The molecule has 1 heterocycles. The zero-order chi connectivity index (χ0) is 15.6. The van der Waals surface area contributed by atoms with E-state index in [0.717, 1.165) is 11.1 Å². The molecular weight excluding hydrogens is 274 g/mol. The molecule has 1 aromatic heterocycles. The first kappa shape index (κ1) is 14.4. The number of carbonyl (C=O) groups is 1. The first-order valence-electron chi connectivity index (χ1n) is 6.14. The highest BCUT2D eigenvalue weighted by Gasteiger charge is 2.19. The summed E-state index contributed by atoms with van der Waals surface area (Å²) >= 11 is 0. The third kappa shape index (κ3) is 2.97. The molecule has 0 unspecified atom stereocenters. The van der Waals surface area contributed by atoms with E-state index in [9.17, 15) is 19.7 Å². The zero-order valence-corrected chi connectivity index (χ0v) is 11.5. The lowest BCUT2D eigenvalue weighted by Crippen LogP contribution is -2.21. The normalized spacial score (nSPS) is 10.2. The zero-order valence-electron chi connectivity index (χ0n) is 11.5. The van der Waals surface area contributed by atoms with Crippen molar-refractivity contribution in [3.63, 3.8) is 0 Å². The molecule has 2 rings (SSSR count). The fourth-order valence-electron chi connectivity index (χ4n) is 1.84. The highest BCUT2D eigenvalue weighted by atomic mass is 16.6. The number of nitrogens with zero attached hydrogens (tertiary/aromatic N) is 1. The number of anilines is 1. The monoisotopic (exact) mass is 287 g/mol. The maximum atomic E-state index is 12.1. The SMILES string of the molecule is Cc1cc(NC(=O)c2c[nH]ccc2=O)c([N+](=O)[O-])cc1C. The summed E-state index contributed by atoms with van der Waals surface area (Å²) < 4.78 is 0. The average molecular weight is 287 g/mol. The Kier molecular flexibility index (Phi) is 3.84. The van der Waals surface area contributed by atoms with Crippen LogP contribution >= 0.6 is 0 Å². The third-order valence-corrected chi connectivity index (χ3v) is 3.13. The number of hydrogen-bond acceptors (Lipinski definition) is 4. The highest BCUT2D eigenvalue weighted by Crippen LogP contribution is 2.28. The number of hydrogen-bond donors (Lipinski definition) is 2. The number of aryl methyl sites for hydroxylation is 2. The molecule has 108 valence electrons. The van der Waals surface area contributed by atoms with Gasteiger partial charge in [-0.3, -0.25) is 19.7 Å². The second kappa shape index (κ2) is 5.58. The van der Waals surface area contributed by atoms with Crippen LogP contribution in [0.3, 0.4) is 0 Å². The van der Waals surface area contributed by atoms with Gasteiger partial charge in [0.15, 0.2) is 5.43 Å². The number of H-pyrrole nitrogens is 1. The third-order valence-electron chi connectivity index (χ3n) is 3.13. The van der Waals surface area contributed by atoms with E-state index in [4.69, 9.17) is 0 Å². The van der Waals surface area contributed by atoms with Gasteiger partial charge in [-0.15, -0.1) is 0 Å². The fourth-order valence-corrected chi connectivity index (χ4v) is 1.84. The van der Waals surface area contributed by atoms with Crippen molar-refractivity contribution < 1.29 is 9.72 Å². The molecule has 7 heteroatoms. The van der Waals surface area contributed by atoms with Gasteiger partial charge in [0.2, 0.25) is 0 Å². The van der Waals surface area contributed by atoms with Gasteiger partial charge in [-0.2, -0.15) is 0 Å². The van der Waals surface area contributed by atoms with Crippen LogP contribution in [-0.4, -0.2) is 15.8 Å². The van der Waals surface area contributed by atoms with Crippen LogP contribution in [0.25, 0.3) is 0 Å². The van der Waals surface area contributed by atoms with Crippen molar-refractivity contribution in [3.05, 3.63) is 67.6 Å². The van der Waals surface area contributed by atoms with Crippen LogP contribution in [-0.2, 0) is 0 Å². The van der Waals surface area contributed by atoms with Crippen molar-refractivity contribution in [2.45, 2.75) is 13.8 Å². The minimum atomic E-state index is -0.691. The molecule has 0 saturated carbocycles. The van der Waals surface area contributed by atoms with Gasteiger partial charge in [-0.1, -0.05) is 0 Å². The summed E-state index contributed by atoms with van der Waals surface area (Å²) in [6.07, 6.45) is 2.65. The Labute approximate surface area is 119 Å². The van der Waals surface area contributed by atoms with E-state index in [1.807, 2.05) is 0 Å². The van der Waals surface area contributed by atoms with E-state index >= 15 is 0 Å². The van der Waals surface area contributed by atoms with Crippen molar-refractivity contribution in [2.24, 2.45) is 0 Å². The molecule has 2 N–H and O–H groups in total. The van der Waals surface area contributed by atoms with E-state index in [0.29, 0.717) is 0 Å². The summed E-state index contributed by atoms with van der Waals surface area (Å²) in [4.78, 5) is 36.7. The second-order valence-electron chi connectivity index (χ2n) is 4.59. The maximum absolute atomic E-state index is 12.1. The Bertz CT molecular complexity index is 780. The molecule has 0 aliphatic rings. The molecule has 7 nitrogen and oxygen atoms in total. The van der Waals surface area contributed by atoms with E-state index in [2.05, 4.69) is 10.3 Å². The Hall–Kier alpha value is -2.96. The predicted octanol–water partition coefficient (Wildman–Crippen LogP) is 2.15. The second-order valence-corrected chi connectivity index (χ2v) is 4.59. The van der Waals surface area contributed by atoms with Gasteiger partial charge >= 0.3 is 0 Å². The van der Waals surface area contributed by atoms with Crippen molar-refractivity contribution >= 4 is 17.3 Å². The number of carbonyl (C=O) groups excluding carboxylic acids is 1. The number of nitro groups is 1. The smallest absolute Gasteiger partial charge is 0.293 e. The number of amides is 1. The van der Waals surface area contributed by atoms with Crippen LogP contribution < -0.4 is 10.7 Å². The first-order valence-corrected chi connectivity index (χ1v) is 6.14. The summed E-state index contributed by atoms with van der Waals surface area (Å²) in [6, 6.07) is 4.12. The lowest BCUT2D eigenvalue weighted by atomic mass is 10.1. The quantitative estimate of drug-likeness (QED) is 0.666. The number of aromatic amines is 1. The van der Waals surface area contributed by atoms with E-state index in [-0.39, 0.29) is 16.9 Å². The van der Waals surface area contributed by atoms with Gasteiger partial charge in [0.25, 0.3) is 11.6 Å². The van der Waals surface area contributed by atoms with Gasteiger partial charge in [-0.05, 0) is 31.0 Å². The Morgan fingerprint density at radius 3 is 2.57 bits per heavy atom. The van der Waals surface area contributed by atoms with E-state index in [1.165, 1.54) is 30.6 Å². The first-order chi connectivity index (χ1) is 9.90.